The molecule has 2 heterocycles. The number of ether oxygens (including phenoxy) is 5. The van der Waals surface area contributed by atoms with Gasteiger partial charge in [-0.3, -0.25) is 0 Å². The van der Waals surface area contributed by atoms with Crippen LogP contribution in [0.4, 0.5) is 0 Å². The van der Waals surface area contributed by atoms with Gasteiger partial charge in [0.05, 0.1) is 25.9 Å². The number of rotatable bonds is 10. The van der Waals surface area contributed by atoms with Gasteiger partial charge in [-0.25, -0.2) is 4.79 Å². The van der Waals surface area contributed by atoms with Crippen LogP contribution in [0.1, 0.15) is 49.2 Å². The quantitative estimate of drug-likeness (QED) is 0.162. The second-order valence-electron chi connectivity index (χ2n) is 10.8. The summed E-state index contributed by atoms with van der Waals surface area (Å²) in [4.78, 5) is 12.4. The maximum Gasteiger partial charge on any atom is 0.337 e. The maximum atomic E-state index is 12.4. The van der Waals surface area contributed by atoms with E-state index in [2.05, 4.69) is 0 Å². The molecule has 9 atom stereocenters. The summed E-state index contributed by atoms with van der Waals surface area (Å²) < 4.78 is 27.7. The molecule has 2 fully saturated rings. The van der Waals surface area contributed by atoms with Crippen molar-refractivity contribution >= 4 is 5.97 Å². The van der Waals surface area contributed by atoms with Gasteiger partial charge in [-0.05, 0) is 63.8 Å². The van der Waals surface area contributed by atoms with E-state index in [-0.39, 0.29) is 6.61 Å². The molecular formula is C29H42O12. The molecule has 0 bridgehead atoms. The number of aliphatic hydroxyl groups excluding tert-OH is 6. The lowest BCUT2D eigenvalue weighted by Gasteiger charge is -2.41. The first-order chi connectivity index (χ1) is 19.3. The monoisotopic (exact) mass is 582 g/mol. The summed E-state index contributed by atoms with van der Waals surface area (Å²) >= 11 is 0. The highest BCUT2D eigenvalue weighted by molar-refractivity contribution is 5.90. The zero-order valence-corrected chi connectivity index (χ0v) is 24.0. The Kier molecular flexibility index (Phi) is 11.9. The Balaban J connectivity index is 1.91. The molecule has 0 saturated carbocycles. The second kappa shape index (κ2) is 14.7. The van der Waals surface area contributed by atoms with Crippen LogP contribution in [0.3, 0.4) is 0 Å². The van der Waals surface area contributed by atoms with Crippen molar-refractivity contribution < 1.29 is 59.1 Å². The molecule has 2 saturated heterocycles. The molecule has 12 heteroatoms. The zero-order chi connectivity index (χ0) is 30.4. The molecule has 6 N–H and O–H groups in total. The number of carbonyl (C=O) groups is 1. The van der Waals surface area contributed by atoms with Gasteiger partial charge in [0.2, 0.25) is 6.29 Å². The van der Waals surface area contributed by atoms with E-state index in [9.17, 15) is 35.4 Å². The first kappa shape index (κ1) is 33.1. The molecule has 0 aromatic heterocycles. The van der Waals surface area contributed by atoms with E-state index < -0.39 is 67.9 Å². The van der Waals surface area contributed by atoms with Gasteiger partial charge in [-0.15, -0.1) is 0 Å². The lowest BCUT2D eigenvalue weighted by atomic mass is 9.97. The zero-order valence-electron chi connectivity index (χ0n) is 24.0. The van der Waals surface area contributed by atoms with E-state index in [1.54, 1.807) is 12.1 Å². The average Bonchev–Trinajstić information content (AvgIpc) is 2.94. The fourth-order valence-corrected chi connectivity index (χ4v) is 4.46. The summed E-state index contributed by atoms with van der Waals surface area (Å²) in [6, 6.07) is 3.27. The van der Waals surface area contributed by atoms with Crippen LogP contribution in [0, 0.1) is 0 Å². The fraction of sp³-hybridized carbons (Fsp3) is 0.621. The number of esters is 1. The highest BCUT2D eigenvalue weighted by Crippen LogP contribution is 2.33. The van der Waals surface area contributed by atoms with E-state index >= 15 is 0 Å². The Morgan fingerprint density at radius 2 is 1.41 bits per heavy atom. The van der Waals surface area contributed by atoms with Crippen molar-refractivity contribution in [2.45, 2.75) is 95.8 Å². The molecule has 3 rings (SSSR count). The van der Waals surface area contributed by atoms with Gasteiger partial charge < -0.3 is 54.3 Å². The summed E-state index contributed by atoms with van der Waals surface area (Å²) in [5.41, 5.74) is 3.60. The third-order valence-corrected chi connectivity index (χ3v) is 6.91. The largest absolute Gasteiger partial charge is 0.465 e. The predicted molar refractivity (Wildman–Crippen MR) is 145 cm³/mol. The summed E-state index contributed by atoms with van der Waals surface area (Å²) in [6.45, 7) is 7.02. The van der Waals surface area contributed by atoms with Gasteiger partial charge >= 0.3 is 5.97 Å². The van der Waals surface area contributed by atoms with Gasteiger partial charge in [0.1, 0.15) is 48.5 Å². The van der Waals surface area contributed by atoms with Gasteiger partial charge in [-0.2, -0.15) is 0 Å². The van der Waals surface area contributed by atoms with E-state index in [0.29, 0.717) is 35.3 Å². The van der Waals surface area contributed by atoms with Crippen LogP contribution < -0.4 is 4.74 Å². The lowest BCUT2D eigenvalue weighted by Crippen LogP contribution is -2.61. The van der Waals surface area contributed by atoms with Crippen molar-refractivity contribution in [2.75, 3.05) is 20.3 Å². The third kappa shape index (κ3) is 8.34. The minimum Gasteiger partial charge on any atom is -0.465 e. The minimum absolute atomic E-state index is 0.283. The normalized spacial score (nSPS) is 31.7. The molecular weight excluding hydrogens is 540 g/mol. The van der Waals surface area contributed by atoms with Crippen LogP contribution in [0.2, 0.25) is 0 Å². The standard InChI is InChI=1S/C29H42O12/c1-14(2)6-8-16-10-18(27(36)37-5)11-17(9-7-15(3)4)26(16)41-29-25(35)23(33)22(32)20(40-29)13-39-28-24(34)21(31)19(30)12-38-28/h6-7,10-11,19-25,28-35H,8-9,12-13H2,1-5H3/t19-,20-,21+,22-,23+,24-,25-,28+,29+/m1/s1. The van der Waals surface area contributed by atoms with Gasteiger partial charge in [-0.1, -0.05) is 23.3 Å². The van der Waals surface area contributed by atoms with Gasteiger partial charge in [0, 0.05) is 0 Å². The SMILES string of the molecule is COC(=O)c1cc(CC=C(C)C)c(O[C@@H]2O[C@H](CO[C@@H]3OC[C@@H](O)[C@H](O)[C@H]3O)[C@@H](O)[C@H](O)[C@H]2O)c(CC=C(C)C)c1. The number of hydrogen-bond donors (Lipinski definition) is 6. The van der Waals surface area contributed by atoms with Crippen molar-refractivity contribution in [1.82, 2.24) is 0 Å². The number of carbonyl (C=O) groups excluding carboxylic acids is 1. The molecule has 230 valence electrons. The topological polar surface area (TPSA) is 185 Å². The van der Waals surface area contributed by atoms with Gasteiger partial charge in [0.15, 0.2) is 6.29 Å². The van der Waals surface area contributed by atoms with E-state index in [1.165, 1.54) is 7.11 Å². The molecule has 0 aliphatic carbocycles. The van der Waals surface area contributed by atoms with Crippen LogP contribution in [-0.2, 0) is 31.8 Å². The fourth-order valence-electron chi connectivity index (χ4n) is 4.46. The van der Waals surface area contributed by atoms with Crippen LogP contribution in [0.25, 0.3) is 0 Å². The molecule has 0 amide bonds. The molecule has 2 aliphatic heterocycles. The molecule has 1 aromatic carbocycles. The molecule has 12 nitrogen and oxygen atoms in total. The molecule has 41 heavy (non-hydrogen) atoms. The number of methoxy groups -OCH3 is 1. The number of hydrogen-bond acceptors (Lipinski definition) is 12. The third-order valence-electron chi connectivity index (χ3n) is 6.91. The maximum absolute atomic E-state index is 12.4. The van der Waals surface area contributed by atoms with Crippen LogP contribution in [0.15, 0.2) is 35.4 Å². The van der Waals surface area contributed by atoms with E-state index in [0.717, 1.165) is 11.1 Å². The lowest BCUT2D eigenvalue weighted by molar-refractivity contribution is -0.307. The Hall–Kier alpha value is -2.39. The Morgan fingerprint density at radius 1 is 0.854 bits per heavy atom. The Labute approximate surface area is 239 Å². The van der Waals surface area contributed by atoms with Crippen LogP contribution in [-0.4, -0.2) is 112 Å². The first-order valence-corrected chi connectivity index (χ1v) is 13.5. The summed E-state index contributed by atoms with van der Waals surface area (Å²) in [7, 11) is 1.29. The summed E-state index contributed by atoms with van der Waals surface area (Å²) in [5.74, 6) is -0.189. The minimum atomic E-state index is -1.68. The summed E-state index contributed by atoms with van der Waals surface area (Å²) in [6.07, 6.45) is -8.61. The number of benzene rings is 1. The highest BCUT2D eigenvalue weighted by atomic mass is 16.7. The van der Waals surface area contributed by atoms with E-state index in [4.69, 9.17) is 23.7 Å². The smallest absolute Gasteiger partial charge is 0.337 e. The number of allylic oxidation sites excluding steroid dienone is 4. The Bertz CT molecular complexity index is 1050. The molecule has 0 unspecified atom stereocenters. The summed E-state index contributed by atoms with van der Waals surface area (Å²) in [5, 5.41) is 61.7. The van der Waals surface area contributed by atoms with Crippen molar-refractivity contribution in [2.24, 2.45) is 0 Å². The van der Waals surface area contributed by atoms with Crippen molar-refractivity contribution in [3.8, 4) is 5.75 Å². The predicted octanol–water partition coefficient (Wildman–Crippen LogP) is 0.133. The van der Waals surface area contributed by atoms with E-state index in [1.807, 2.05) is 39.8 Å². The molecule has 1 aromatic rings. The van der Waals surface area contributed by atoms with Gasteiger partial charge in [0.25, 0.3) is 0 Å². The highest BCUT2D eigenvalue weighted by Gasteiger charge is 2.46. The molecule has 0 radical (unpaired) electrons. The van der Waals surface area contributed by atoms with Crippen LogP contribution in [0.5, 0.6) is 5.75 Å². The van der Waals surface area contributed by atoms with Crippen LogP contribution >= 0.6 is 0 Å². The van der Waals surface area contributed by atoms with Crippen molar-refractivity contribution in [1.29, 1.82) is 0 Å². The Morgan fingerprint density at radius 3 is 1.95 bits per heavy atom. The number of aliphatic hydroxyl groups is 6. The second-order valence-corrected chi connectivity index (χ2v) is 10.8. The molecule has 2 aliphatic rings. The molecule has 0 spiro atoms. The average molecular weight is 583 g/mol. The van der Waals surface area contributed by atoms with Crippen molar-refractivity contribution in [3.63, 3.8) is 0 Å². The first-order valence-electron chi connectivity index (χ1n) is 13.5. The van der Waals surface area contributed by atoms with Crippen molar-refractivity contribution in [3.05, 3.63) is 52.1 Å².